The van der Waals surface area contributed by atoms with E-state index >= 15 is 0 Å². The van der Waals surface area contributed by atoms with Gasteiger partial charge in [0.25, 0.3) is 0 Å². The molecule has 0 aromatic carbocycles. The largest absolute Gasteiger partial charge is 0.493 e. The molecule has 0 aromatic rings. The molecular weight excluding hydrogens is 360 g/mol. The molecule has 0 bridgehead atoms. The Balaban J connectivity index is 2.36. The predicted octanol–water partition coefficient (Wildman–Crippen LogP) is 5.75. The van der Waals surface area contributed by atoms with Crippen molar-refractivity contribution in [1.82, 2.24) is 0 Å². The van der Waals surface area contributed by atoms with Crippen LogP contribution in [0.3, 0.4) is 0 Å². The first kappa shape index (κ1) is 22.1. The first-order chi connectivity index (χ1) is 11.5. The molecule has 0 radical (unpaired) electrons. The van der Waals surface area contributed by atoms with Crippen molar-refractivity contribution in [3.63, 3.8) is 0 Å². The standard InChI is InChI=1S/C20H40O4Si2/c1-18(2,3)25(10,11)23-15-12-13-21-16-14-22-26(19(4,5)6,20(7,8)9)24-17(15)16/h12-13,15-17H,14H2,1-11H3/t15-,16-,17-/m1/s1. The number of hydrogen-bond acceptors (Lipinski definition) is 4. The molecule has 0 N–H and O–H groups in total. The monoisotopic (exact) mass is 400 g/mol. The third-order valence-corrected chi connectivity index (χ3v) is 15.8. The molecule has 0 unspecified atom stereocenters. The van der Waals surface area contributed by atoms with Gasteiger partial charge in [-0.05, 0) is 24.2 Å². The van der Waals surface area contributed by atoms with Gasteiger partial charge in [-0.2, -0.15) is 0 Å². The van der Waals surface area contributed by atoms with Crippen molar-refractivity contribution in [3.05, 3.63) is 12.3 Å². The molecule has 2 heterocycles. The van der Waals surface area contributed by atoms with Crippen LogP contribution in [0.4, 0.5) is 0 Å². The lowest BCUT2D eigenvalue weighted by molar-refractivity contribution is -0.120. The van der Waals surface area contributed by atoms with Crippen molar-refractivity contribution in [3.8, 4) is 0 Å². The first-order valence-corrected chi connectivity index (χ1v) is 14.6. The number of hydrogen-bond donors (Lipinski definition) is 0. The number of ether oxygens (including phenoxy) is 1. The molecular formula is C20H40O4Si2. The van der Waals surface area contributed by atoms with Crippen LogP contribution in [0, 0.1) is 0 Å². The highest BCUT2D eigenvalue weighted by molar-refractivity contribution is 6.74. The summed E-state index contributed by atoms with van der Waals surface area (Å²) in [6.45, 7) is 25.4. The molecule has 0 saturated carbocycles. The van der Waals surface area contributed by atoms with Gasteiger partial charge in [0, 0.05) is 10.1 Å². The van der Waals surface area contributed by atoms with E-state index in [9.17, 15) is 0 Å². The van der Waals surface area contributed by atoms with E-state index in [1.165, 1.54) is 0 Å². The van der Waals surface area contributed by atoms with Crippen molar-refractivity contribution in [2.24, 2.45) is 0 Å². The summed E-state index contributed by atoms with van der Waals surface area (Å²) in [7, 11) is -4.45. The fourth-order valence-electron chi connectivity index (χ4n) is 3.86. The van der Waals surface area contributed by atoms with Crippen LogP contribution in [0.5, 0.6) is 0 Å². The minimum Gasteiger partial charge on any atom is -0.493 e. The fraction of sp³-hybridized carbons (Fsp3) is 0.900. The molecule has 6 heteroatoms. The topological polar surface area (TPSA) is 36.9 Å². The third-order valence-electron chi connectivity index (χ3n) is 6.18. The van der Waals surface area contributed by atoms with E-state index < -0.39 is 16.9 Å². The Bertz CT molecular complexity index is 523. The minimum atomic E-state index is -2.54. The van der Waals surface area contributed by atoms with Crippen LogP contribution >= 0.6 is 0 Å². The van der Waals surface area contributed by atoms with E-state index in [2.05, 4.69) is 75.4 Å². The summed E-state index contributed by atoms with van der Waals surface area (Å²) >= 11 is 0. The van der Waals surface area contributed by atoms with Crippen LogP contribution < -0.4 is 0 Å². The molecule has 2 rings (SSSR count). The normalized spacial score (nSPS) is 29.9. The van der Waals surface area contributed by atoms with Crippen LogP contribution in [0.15, 0.2) is 12.3 Å². The van der Waals surface area contributed by atoms with Gasteiger partial charge in [-0.25, -0.2) is 0 Å². The van der Waals surface area contributed by atoms with Gasteiger partial charge < -0.3 is 18.0 Å². The summed E-state index contributed by atoms with van der Waals surface area (Å²) in [5.74, 6) is 0. The summed E-state index contributed by atoms with van der Waals surface area (Å²) in [4.78, 5) is 0. The van der Waals surface area contributed by atoms with Crippen LogP contribution in [0.1, 0.15) is 62.3 Å². The molecule has 0 aromatic heterocycles. The van der Waals surface area contributed by atoms with Crippen molar-refractivity contribution >= 4 is 16.9 Å². The number of fused-ring (bicyclic) bond motifs is 1. The van der Waals surface area contributed by atoms with E-state index in [0.717, 1.165) is 0 Å². The highest BCUT2D eigenvalue weighted by Crippen LogP contribution is 2.55. The maximum absolute atomic E-state index is 6.92. The summed E-state index contributed by atoms with van der Waals surface area (Å²) in [6.07, 6.45) is 3.54. The van der Waals surface area contributed by atoms with E-state index in [1.807, 2.05) is 6.08 Å². The second-order valence-electron chi connectivity index (χ2n) is 11.4. The Kier molecular flexibility index (Phi) is 5.73. The second kappa shape index (κ2) is 6.73. The molecule has 3 atom stereocenters. The quantitative estimate of drug-likeness (QED) is 0.553. The van der Waals surface area contributed by atoms with Gasteiger partial charge in [0.2, 0.25) is 0 Å². The average molecular weight is 401 g/mol. The zero-order valence-electron chi connectivity index (χ0n) is 18.7. The molecule has 2 aliphatic rings. The summed E-state index contributed by atoms with van der Waals surface area (Å²) in [6, 6.07) is 0. The molecule has 0 aliphatic carbocycles. The van der Waals surface area contributed by atoms with E-state index in [0.29, 0.717) is 6.61 Å². The Morgan fingerprint density at radius 3 is 1.96 bits per heavy atom. The predicted molar refractivity (Wildman–Crippen MR) is 112 cm³/mol. The molecule has 152 valence electrons. The van der Waals surface area contributed by atoms with Crippen molar-refractivity contribution in [2.75, 3.05) is 6.61 Å². The lowest BCUT2D eigenvalue weighted by atomic mass is 10.1. The molecule has 2 aliphatic heterocycles. The van der Waals surface area contributed by atoms with Crippen molar-refractivity contribution in [2.45, 2.75) is 109 Å². The fourth-order valence-corrected chi connectivity index (χ4v) is 10.1. The smallest absolute Gasteiger partial charge is 0.349 e. The zero-order valence-corrected chi connectivity index (χ0v) is 20.7. The molecule has 1 fully saturated rings. The van der Waals surface area contributed by atoms with Crippen LogP contribution in [-0.4, -0.2) is 41.8 Å². The van der Waals surface area contributed by atoms with E-state index in [-0.39, 0.29) is 33.4 Å². The van der Waals surface area contributed by atoms with Gasteiger partial charge in [-0.15, -0.1) is 0 Å². The Morgan fingerprint density at radius 1 is 0.962 bits per heavy atom. The second-order valence-corrected chi connectivity index (χ2v) is 20.9. The maximum atomic E-state index is 6.92. The molecule has 0 spiro atoms. The summed E-state index contributed by atoms with van der Waals surface area (Å²) in [5, 5.41) is 0.0696. The average Bonchev–Trinajstić information content (AvgIpc) is 2.43. The SMILES string of the molecule is CC(C)(C)[Si](C)(C)O[C@@H]1C=CO[C@@H]2CO[Si](C(C)(C)C)(C(C)(C)C)O[C@H]12. The Morgan fingerprint density at radius 2 is 1.50 bits per heavy atom. The van der Waals surface area contributed by atoms with Gasteiger partial charge in [-0.1, -0.05) is 62.3 Å². The van der Waals surface area contributed by atoms with E-state index in [1.54, 1.807) is 6.26 Å². The molecule has 26 heavy (non-hydrogen) atoms. The van der Waals surface area contributed by atoms with Crippen molar-refractivity contribution < 1.29 is 18.0 Å². The highest BCUT2D eigenvalue weighted by atomic mass is 28.4. The van der Waals surface area contributed by atoms with Crippen LogP contribution in [0.2, 0.25) is 28.2 Å². The minimum absolute atomic E-state index is 0.0428. The zero-order chi connectivity index (χ0) is 20.2. The van der Waals surface area contributed by atoms with Gasteiger partial charge in [0.1, 0.15) is 12.2 Å². The molecule has 1 saturated heterocycles. The van der Waals surface area contributed by atoms with Crippen molar-refractivity contribution in [1.29, 1.82) is 0 Å². The van der Waals surface area contributed by atoms with Crippen LogP contribution in [0.25, 0.3) is 0 Å². The van der Waals surface area contributed by atoms with E-state index in [4.69, 9.17) is 18.0 Å². The highest BCUT2D eigenvalue weighted by Gasteiger charge is 2.63. The summed E-state index contributed by atoms with van der Waals surface area (Å²) < 4.78 is 26.0. The molecule has 0 amide bonds. The van der Waals surface area contributed by atoms with Gasteiger partial charge in [0.05, 0.1) is 19.0 Å². The van der Waals surface area contributed by atoms with Gasteiger partial charge in [-0.3, -0.25) is 0 Å². The van der Waals surface area contributed by atoms with Crippen LogP contribution in [-0.2, 0) is 18.0 Å². The van der Waals surface area contributed by atoms with Gasteiger partial charge >= 0.3 is 8.56 Å². The number of rotatable bonds is 2. The Labute approximate surface area is 163 Å². The summed E-state index contributed by atoms with van der Waals surface area (Å²) in [5.41, 5.74) is 0. The maximum Gasteiger partial charge on any atom is 0.349 e. The molecule has 4 nitrogen and oxygen atoms in total. The first-order valence-electron chi connectivity index (χ1n) is 9.84. The Hall–Kier alpha value is -0.146. The lowest BCUT2D eigenvalue weighted by Gasteiger charge is -2.56. The van der Waals surface area contributed by atoms with Gasteiger partial charge in [0.15, 0.2) is 8.32 Å². The lowest BCUT2D eigenvalue weighted by Crippen LogP contribution is -2.68. The third kappa shape index (κ3) is 3.85.